The van der Waals surface area contributed by atoms with Crippen molar-refractivity contribution in [2.45, 2.75) is 45.6 Å². The predicted octanol–water partition coefficient (Wildman–Crippen LogP) is 4.70. The van der Waals surface area contributed by atoms with E-state index < -0.39 is 0 Å². The van der Waals surface area contributed by atoms with Crippen LogP contribution in [0.25, 0.3) is 20.4 Å². The van der Waals surface area contributed by atoms with Crippen molar-refractivity contribution >= 4 is 49.1 Å². The molecule has 0 atom stereocenters. The van der Waals surface area contributed by atoms with E-state index in [-0.39, 0.29) is 5.56 Å². The average molecular weight is 379 g/mol. The van der Waals surface area contributed by atoms with Crippen LogP contribution >= 0.6 is 22.9 Å². The SMILES string of the molecule is CCCCCCCn1cnc2c(sc3nc(Cl)cc(N(C)C)c32)c1=O. The Labute approximate surface area is 156 Å². The Morgan fingerprint density at radius 2 is 2.00 bits per heavy atom. The van der Waals surface area contributed by atoms with Crippen molar-refractivity contribution < 1.29 is 0 Å². The quantitative estimate of drug-likeness (QED) is 0.442. The highest BCUT2D eigenvalue weighted by Crippen LogP contribution is 2.36. The van der Waals surface area contributed by atoms with E-state index in [1.54, 1.807) is 10.9 Å². The third-order valence-electron chi connectivity index (χ3n) is 4.35. The third kappa shape index (κ3) is 3.65. The highest BCUT2D eigenvalue weighted by Gasteiger charge is 2.17. The molecule has 0 bridgehead atoms. The fourth-order valence-corrected chi connectivity index (χ4v) is 4.35. The molecule has 134 valence electrons. The number of aryl methyl sites for hydroxylation is 1. The molecule has 3 rings (SSSR count). The van der Waals surface area contributed by atoms with Gasteiger partial charge in [-0.25, -0.2) is 9.97 Å². The minimum Gasteiger partial charge on any atom is -0.377 e. The minimum atomic E-state index is 0.0179. The molecule has 0 radical (unpaired) electrons. The van der Waals surface area contributed by atoms with Gasteiger partial charge in [0.25, 0.3) is 5.56 Å². The van der Waals surface area contributed by atoms with E-state index in [0.29, 0.717) is 16.4 Å². The van der Waals surface area contributed by atoms with Crippen LogP contribution in [0.1, 0.15) is 39.0 Å². The van der Waals surface area contributed by atoms with Gasteiger partial charge in [-0.1, -0.05) is 44.2 Å². The molecule has 0 saturated heterocycles. The number of nitrogens with zero attached hydrogens (tertiary/aromatic N) is 4. The number of halogens is 1. The number of pyridine rings is 1. The Hall–Kier alpha value is -1.66. The summed E-state index contributed by atoms with van der Waals surface area (Å²) in [5.41, 5.74) is 1.68. The summed E-state index contributed by atoms with van der Waals surface area (Å²) in [5.74, 6) is 0. The van der Waals surface area contributed by atoms with Gasteiger partial charge in [-0.05, 0) is 12.5 Å². The molecule has 0 fully saturated rings. The molecular formula is C18H23ClN4OS. The Balaban J connectivity index is 2.01. The van der Waals surface area contributed by atoms with Crippen LogP contribution < -0.4 is 10.5 Å². The highest BCUT2D eigenvalue weighted by molar-refractivity contribution is 7.25. The topological polar surface area (TPSA) is 51.0 Å². The number of hydrogen-bond donors (Lipinski definition) is 0. The number of rotatable bonds is 7. The van der Waals surface area contributed by atoms with Gasteiger partial charge in [0.2, 0.25) is 0 Å². The molecule has 3 heterocycles. The molecule has 0 aliphatic heterocycles. The standard InChI is InChI=1S/C18H23ClN4OS/c1-4-5-6-7-8-9-23-11-20-15-14-12(22(2)3)10-13(19)21-17(14)25-16(15)18(23)24/h10-11H,4-9H2,1-3H3. The highest BCUT2D eigenvalue weighted by atomic mass is 35.5. The molecule has 0 aliphatic carbocycles. The largest absolute Gasteiger partial charge is 0.377 e. The Morgan fingerprint density at radius 1 is 1.24 bits per heavy atom. The van der Waals surface area contributed by atoms with Crippen LogP contribution in [-0.4, -0.2) is 28.6 Å². The van der Waals surface area contributed by atoms with Gasteiger partial charge in [-0.2, -0.15) is 0 Å². The van der Waals surface area contributed by atoms with Crippen molar-refractivity contribution in [1.29, 1.82) is 0 Å². The van der Waals surface area contributed by atoms with E-state index >= 15 is 0 Å². The second-order valence-corrected chi connectivity index (χ2v) is 7.86. The molecule has 7 heteroatoms. The molecule has 5 nitrogen and oxygen atoms in total. The predicted molar refractivity (Wildman–Crippen MR) is 107 cm³/mol. The number of thiophene rings is 1. The van der Waals surface area contributed by atoms with Gasteiger partial charge in [-0.3, -0.25) is 9.36 Å². The van der Waals surface area contributed by atoms with Crippen molar-refractivity contribution in [3.05, 3.63) is 27.9 Å². The molecule has 25 heavy (non-hydrogen) atoms. The van der Waals surface area contributed by atoms with Crippen LogP contribution in [0, 0.1) is 0 Å². The monoisotopic (exact) mass is 378 g/mol. The average Bonchev–Trinajstić information content (AvgIpc) is 2.94. The van der Waals surface area contributed by atoms with Crippen molar-refractivity contribution in [2.75, 3.05) is 19.0 Å². The maximum absolute atomic E-state index is 12.8. The maximum atomic E-state index is 12.8. The molecule has 0 unspecified atom stereocenters. The number of unbranched alkanes of at least 4 members (excludes halogenated alkanes) is 4. The summed E-state index contributed by atoms with van der Waals surface area (Å²) in [6.45, 7) is 2.92. The normalized spacial score (nSPS) is 11.5. The molecule has 3 aromatic rings. The molecule has 0 aromatic carbocycles. The van der Waals surface area contributed by atoms with Gasteiger partial charge in [0.15, 0.2) is 0 Å². The molecule has 0 aliphatic rings. The molecular weight excluding hydrogens is 356 g/mol. The van der Waals surface area contributed by atoms with E-state index in [0.717, 1.165) is 34.3 Å². The summed E-state index contributed by atoms with van der Waals surface area (Å²) >= 11 is 7.52. The van der Waals surface area contributed by atoms with Crippen molar-refractivity contribution in [3.63, 3.8) is 0 Å². The van der Waals surface area contributed by atoms with Crippen LogP contribution in [0.2, 0.25) is 5.15 Å². The minimum absolute atomic E-state index is 0.0179. The van der Waals surface area contributed by atoms with Gasteiger partial charge in [-0.15, -0.1) is 11.3 Å². The summed E-state index contributed by atoms with van der Waals surface area (Å²) in [6.07, 6.45) is 7.52. The van der Waals surface area contributed by atoms with Crippen LogP contribution in [0.3, 0.4) is 0 Å². The molecule has 0 saturated carbocycles. The second kappa shape index (κ2) is 7.70. The van der Waals surface area contributed by atoms with Crippen LogP contribution in [0.4, 0.5) is 5.69 Å². The van der Waals surface area contributed by atoms with Gasteiger partial charge < -0.3 is 4.90 Å². The van der Waals surface area contributed by atoms with Crippen molar-refractivity contribution in [1.82, 2.24) is 14.5 Å². The number of fused-ring (bicyclic) bond motifs is 3. The summed E-state index contributed by atoms with van der Waals surface area (Å²) < 4.78 is 2.38. The Kier molecular flexibility index (Phi) is 5.59. The van der Waals surface area contributed by atoms with Gasteiger partial charge >= 0.3 is 0 Å². The third-order valence-corrected chi connectivity index (χ3v) is 5.60. The first kappa shape index (κ1) is 18.1. The van der Waals surface area contributed by atoms with Crippen molar-refractivity contribution in [3.8, 4) is 0 Å². The van der Waals surface area contributed by atoms with Gasteiger partial charge in [0.1, 0.15) is 14.7 Å². The molecule has 3 aromatic heterocycles. The fourth-order valence-electron chi connectivity index (χ4n) is 3.01. The van der Waals surface area contributed by atoms with Crippen LogP contribution in [0.15, 0.2) is 17.2 Å². The summed E-state index contributed by atoms with van der Waals surface area (Å²) in [6, 6.07) is 1.82. The van der Waals surface area contributed by atoms with Crippen molar-refractivity contribution in [2.24, 2.45) is 0 Å². The Bertz CT molecular complexity index is 948. The van der Waals surface area contributed by atoms with E-state index in [4.69, 9.17) is 11.6 Å². The lowest BCUT2D eigenvalue weighted by Gasteiger charge is -2.14. The zero-order valence-corrected chi connectivity index (χ0v) is 16.5. The number of hydrogen-bond acceptors (Lipinski definition) is 5. The fraction of sp³-hybridized carbons (Fsp3) is 0.500. The number of aromatic nitrogens is 3. The first-order valence-electron chi connectivity index (χ1n) is 8.68. The lowest BCUT2D eigenvalue weighted by molar-refractivity contribution is 0.556. The van der Waals surface area contributed by atoms with Crippen LogP contribution in [0.5, 0.6) is 0 Å². The molecule has 0 amide bonds. The van der Waals surface area contributed by atoms with E-state index in [1.165, 1.54) is 30.6 Å². The maximum Gasteiger partial charge on any atom is 0.271 e. The first-order valence-corrected chi connectivity index (χ1v) is 9.88. The van der Waals surface area contributed by atoms with E-state index in [9.17, 15) is 4.79 Å². The lowest BCUT2D eigenvalue weighted by Crippen LogP contribution is -2.19. The number of anilines is 1. The summed E-state index contributed by atoms with van der Waals surface area (Å²) in [4.78, 5) is 24.6. The molecule has 0 N–H and O–H groups in total. The molecule has 0 spiro atoms. The smallest absolute Gasteiger partial charge is 0.271 e. The first-order chi connectivity index (χ1) is 12.0. The zero-order chi connectivity index (χ0) is 18.0. The van der Waals surface area contributed by atoms with E-state index in [2.05, 4.69) is 16.9 Å². The summed E-state index contributed by atoms with van der Waals surface area (Å²) in [5, 5.41) is 1.33. The van der Waals surface area contributed by atoms with Gasteiger partial charge in [0.05, 0.1) is 22.9 Å². The van der Waals surface area contributed by atoms with Gasteiger partial charge in [0, 0.05) is 20.6 Å². The van der Waals surface area contributed by atoms with Crippen LogP contribution in [-0.2, 0) is 6.54 Å². The summed E-state index contributed by atoms with van der Waals surface area (Å²) in [7, 11) is 3.90. The second-order valence-electron chi connectivity index (χ2n) is 6.48. The van der Waals surface area contributed by atoms with E-state index in [1.807, 2.05) is 25.1 Å². The Morgan fingerprint density at radius 3 is 2.72 bits per heavy atom. The lowest BCUT2D eigenvalue weighted by atomic mass is 10.1. The zero-order valence-electron chi connectivity index (χ0n) is 14.9.